The van der Waals surface area contributed by atoms with Crippen molar-refractivity contribution in [2.75, 3.05) is 14.2 Å². The van der Waals surface area contributed by atoms with Gasteiger partial charge in [-0.05, 0) is 30.7 Å². The highest BCUT2D eigenvalue weighted by atomic mass is 16.5. The fourth-order valence-electron chi connectivity index (χ4n) is 4.58. The molecule has 4 rings (SSSR count). The first-order valence-corrected chi connectivity index (χ1v) is 12.5. The molecule has 0 saturated carbocycles. The van der Waals surface area contributed by atoms with Crippen LogP contribution in [0.4, 0.5) is 0 Å². The Hall–Kier alpha value is -4.84. The van der Waals surface area contributed by atoms with E-state index in [-0.39, 0.29) is 17.5 Å². The Morgan fingerprint density at radius 2 is 0.821 bits per heavy atom. The molecule has 2 atom stereocenters. The van der Waals surface area contributed by atoms with Gasteiger partial charge in [0, 0.05) is 11.1 Å². The van der Waals surface area contributed by atoms with Gasteiger partial charge >= 0.3 is 0 Å². The maximum absolute atomic E-state index is 14.0. The number of hydrogen-bond acceptors (Lipinski definition) is 6. The number of hydrogen-bond donors (Lipinski definition) is 0. The van der Waals surface area contributed by atoms with E-state index in [4.69, 9.17) is 9.47 Å². The van der Waals surface area contributed by atoms with Crippen LogP contribution >= 0.6 is 0 Å². The van der Waals surface area contributed by atoms with Gasteiger partial charge in [-0.25, -0.2) is 0 Å². The minimum atomic E-state index is -1.32. The van der Waals surface area contributed by atoms with Crippen LogP contribution in [0.25, 0.3) is 0 Å². The van der Waals surface area contributed by atoms with Gasteiger partial charge in [-0.3, -0.25) is 19.2 Å². The first kappa shape index (κ1) is 27.2. The maximum atomic E-state index is 14.0. The second-order valence-electron chi connectivity index (χ2n) is 8.93. The van der Waals surface area contributed by atoms with E-state index < -0.39 is 35.0 Å². The molecular weight excluding hydrogens is 492 g/mol. The summed E-state index contributed by atoms with van der Waals surface area (Å²) in [5.41, 5.74) is 1.01. The minimum Gasteiger partial charge on any atom is -0.496 e. The molecule has 39 heavy (non-hydrogen) atoms. The third-order valence-electron chi connectivity index (χ3n) is 6.60. The average molecular weight is 521 g/mol. The fourth-order valence-corrected chi connectivity index (χ4v) is 4.58. The quantitative estimate of drug-likeness (QED) is 0.164. The number of ketones is 4. The summed E-state index contributed by atoms with van der Waals surface area (Å²) in [6.45, 7) is 0. The van der Waals surface area contributed by atoms with E-state index in [2.05, 4.69) is 0 Å². The van der Waals surface area contributed by atoms with Crippen molar-refractivity contribution in [3.63, 3.8) is 0 Å². The molecule has 0 amide bonds. The normalized spacial score (nSPS) is 12.2. The van der Waals surface area contributed by atoms with Gasteiger partial charge in [-0.15, -0.1) is 0 Å². The number of benzene rings is 4. The summed E-state index contributed by atoms with van der Waals surface area (Å²) in [7, 11) is 2.88. The molecule has 0 aliphatic carbocycles. The summed E-state index contributed by atoms with van der Waals surface area (Å²) >= 11 is 0. The first-order valence-electron chi connectivity index (χ1n) is 12.5. The van der Waals surface area contributed by atoms with Crippen molar-refractivity contribution >= 4 is 23.1 Å². The van der Waals surface area contributed by atoms with Gasteiger partial charge in [0.15, 0.2) is 23.1 Å². The second kappa shape index (κ2) is 12.6. The highest BCUT2D eigenvalue weighted by Gasteiger charge is 2.39. The number of ether oxygens (including phenoxy) is 2. The molecule has 0 saturated heterocycles. The molecule has 6 nitrogen and oxygen atoms in total. The van der Waals surface area contributed by atoms with Gasteiger partial charge in [-0.1, -0.05) is 84.9 Å². The largest absolute Gasteiger partial charge is 0.496 e. The van der Waals surface area contributed by atoms with E-state index in [1.807, 2.05) is 0 Å². The Bertz CT molecular complexity index is 1360. The molecule has 0 aromatic heterocycles. The molecule has 0 aliphatic heterocycles. The lowest BCUT2D eigenvalue weighted by molar-refractivity contribution is 0.0727. The summed E-state index contributed by atoms with van der Waals surface area (Å²) in [6, 6.07) is 30.0. The highest BCUT2D eigenvalue weighted by Crippen LogP contribution is 2.32. The lowest BCUT2D eigenvalue weighted by Gasteiger charge is -2.22. The topological polar surface area (TPSA) is 86.7 Å². The number of carbonyl (C=O) groups excluding carboxylic acids is 4. The van der Waals surface area contributed by atoms with E-state index in [0.29, 0.717) is 22.6 Å². The summed E-state index contributed by atoms with van der Waals surface area (Å²) in [4.78, 5) is 55.6. The van der Waals surface area contributed by atoms with Crippen molar-refractivity contribution in [3.8, 4) is 11.5 Å². The van der Waals surface area contributed by atoms with Gasteiger partial charge in [0.2, 0.25) is 0 Å². The van der Waals surface area contributed by atoms with E-state index in [9.17, 15) is 19.2 Å². The van der Waals surface area contributed by atoms with Crippen LogP contribution in [0.1, 0.15) is 47.9 Å². The van der Waals surface area contributed by atoms with Crippen molar-refractivity contribution in [2.45, 2.75) is 6.42 Å². The first-order chi connectivity index (χ1) is 19.0. The van der Waals surface area contributed by atoms with E-state index >= 15 is 0 Å². The fraction of sp³-hybridized carbons (Fsp3) is 0.152. The molecule has 4 aromatic carbocycles. The third-order valence-corrected chi connectivity index (χ3v) is 6.60. The van der Waals surface area contributed by atoms with Gasteiger partial charge in [0.1, 0.15) is 11.5 Å². The number of para-hydroxylation sites is 2. The standard InChI is InChI=1S/C33H28O6/c1-38-28-19-11-9-17-24(28)32(36)26(30(34)22-13-5-3-6-14-22)21-27(31(35)23-15-7-4-8-16-23)33(37)25-18-10-12-20-29(25)39-2/h3-20,26-27H,21H2,1-2H3. The molecule has 0 spiro atoms. The molecule has 0 N–H and O–H groups in total. The molecule has 6 heteroatoms. The second-order valence-corrected chi connectivity index (χ2v) is 8.93. The smallest absolute Gasteiger partial charge is 0.177 e. The zero-order valence-electron chi connectivity index (χ0n) is 21.7. The molecule has 0 aliphatic rings. The van der Waals surface area contributed by atoms with Crippen molar-refractivity contribution in [1.82, 2.24) is 0 Å². The van der Waals surface area contributed by atoms with Gasteiger partial charge in [-0.2, -0.15) is 0 Å². The van der Waals surface area contributed by atoms with Crippen LogP contribution in [0.2, 0.25) is 0 Å². The van der Waals surface area contributed by atoms with Crippen molar-refractivity contribution in [1.29, 1.82) is 0 Å². The predicted molar refractivity (Wildman–Crippen MR) is 148 cm³/mol. The van der Waals surface area contributed by atoms with Gasteiger partial charge in [0.05, 0.1) is 37.2 Å². The molecule has 0 heterocycles. The summed E-state index contributed by atoms with van der Waals surface area (Å²) in [6.07, 6.45) is -0.324. The molecule has 0 radical (unpaired) electrons. The lowest BCUT2D eigenvalue weighted by atomic mass is 9.77. The van der Waals surface area contributed by atoms with E-state index in [1.165, 1.54) is 14.2 Å². The van der Waals surface area contributed by atoms with Crippen LogP contribution in [-0.4, -0.2) is 37.4 Å². The summed E-state index contributed by atoms with van der Waals surface area (Å²) < 4.78 is 10.8. The van der Waals surface area contributed by atoms with Gasteiger partial charge < -0.3 is 9.47 Å². The Kier molecular flexibility index (Phi) is 8.79. The van der Waals surface area contributed by atoms with Crippen LogP contribution in [0.15, 0.2) is 109 Å². The Balaban J connectivity index is 1.83. The van der Waals surface area contributed by atoms with Crippen LogP contribution in [-0.2, 0) is 0 Å². The number of carbonyl (C=O) groups is 4. The molecule has 0 bridgehead atoms. The predicted octanol–water partition coefficient (Wildman–Crippen LogP) is 6.16. The van der Waals surface area contributed by atoms with Crippen LogP contribution in [0.5, 0.6) is 11.5 Å². The maximum Gasteiger partial charge on any atom is 0.177 e. The van der Waals surface area contributed by atoms with Crippen molar-refractivity contribution in [3.05, 3.63) is 131 Å². The van der Waals surface area contributed by atoms with Crippen molar-refractivity contribution in [2.24, 2.45) is 11.8 Å². The van der Waals surface area contributed by atoms with Gasteiger partial charge in [0.25, 0.3) is 0 Å². The molecule has 4 aromatic rings. The Morgan fingerprint density at radius 3 is 1.18 bits per heavy atom. The minimum absolute atomic E-state index is 0.199. The summed E-state index contributed by atoms with van der Waals surface area (Å²) in [5, 5.41) is 0. The molecule has 0 fully saturated rings. The highest BCUT2D eigenvalue weighted by molar-refractivity contribution is 6.20. The van der Waals surface area contributed by atoms with Crippen LogP contribution in [0.3, 0.4) is 0 Å². The third kappa shape index (κ3) is 6.02. The van der Waals surface area contributed by atoms with Crippen LogP contribution in [0, 0.1) is 11.8 Å². The van der Waals surface area contributed by atoms with Crippen molar-refractivity contribution < 1.29 is 28.7 Å². The lowest BCUT2D eigenvalue weighted by Crippen LogP contribution is -2.34. The zero-order valence-corrected chi connectivity index (χ0v) is 21.7. The molecule has 2 unspecified atom stereocenters. The molecule has 196 valence electrons. The SMILES string of the molecule is COc1ccccc1C(=O)C(CC(C(=O)c1ccccc1)C(=O)c1ccccc1OC)C(=O)c1ccccc1. The Morgan fingerprint density at radius 1 is 0.487 bits per heavy atom. The average Bonchev–Trinajstić information content (AvgIpc) is 3.01. The summed E-state index contributed by atoms with van der Waals surface area (Å²) in [5.74, 6) is -4.05. The number of methoxy groups -OCH3 is 2. The zero-order chi connectivity index (χ0) is 27.8. The Labute approximate surface area is 227 Å². The van der Waals surface area contributed by atoms with E-state index in [0.717, 1.165) is 0 Å². The van der Waals surface area contributed by atoms with E-state index in [1.54, 1.807) is 109 Å². The monoisotopic (exact) mass is 520 g/mol. The molecular formula is C33H28O6. The van der Waals surface area contributed by atoms with Crippen LogP contribution < -0.4 is 9.47 Å². The number of rotatable bonds is 12. The number of Topliss-reactive ketones (excluding diaryl/α,β-unsaturated/α-hetero) is 4.